The normalized spacial score (nSPS) is 10.5. The van der Waals surface area contributed by atoms with Crippen LogP contribution in [0.1, 0.15) is 12.0 Å². The highest BCUT2D eigenvalue weighted by molar-refractivity contribution is 7.99. The van der Waals surface area contributed by atoms with Gasteiger partial charge in [-0.05, 0) is 18.6 Å². The summed E-state index contributed by atoms with van der Waals surface area (Å²) in [5.41, 5.74) is 0.775. The fourth-order valence-corrected chi connectivity index (χ4v) is 2.38. The first-order valence-electron chi connectivity index (χ1n) is 4.41. The molecule has 0 saturated carbocycles. The molecule has 1 rings (SSSR count). The summed E-state index contributed by atoms with van der Waals surface area (Å²) in [6.07, 6.45) is 0.752. The standard InChI is InChI=1S/C10H13ClO2S/c11-9-3-1-4-10(8(9)7-13)14-6-2-5-12/h1,3-4,12-13H,2,5-7H2. The summed E-state index contributed by atoms with van der Waals surface area (Å²) in [6, 6.07) is 5.56. The summed E-state index contributed by atoms with van der Waals surface area (Å²) >= 11 is 7.53. The van der Waals surface area contributed by atoms with Gasteiger partial charge < -0.3 is 10.2 Å². The highest BCUT2D eigenvalue weighted by Gasteiger charge is 2.05. The van der Waals surface area contributed by atoms with Crippen molar-refractivity contribution in [2.75, 3.05) is 12.4 Å². The van der Waals surface area contributed by atoms with Crippen LogP contribution in [0.15, 0.2) is 23.1 Å². The molecule has 0 aliphatic heterocycles. The van der Waals surface area contributed by atoms with Crippen LogP contribution in [-0.4, -0.2) is 22.6 Å². The number of halogens is 1. The molecule has 2 N–H and O–H groups in total. The Kier molecular flexibility index (Phi) is 5.33. The van der Waals surface area contributed by atoms with Crippen molar-refractivity contribution in [1.29, 1.82) is 0 Å². The summed E-state index contributed by atoms with van der Waals surface area (Å²) in [5.74, 6) is 0.837. The van der Waals surface area contributed by atoms with Crippen molar-refractivity contribution in [1.82, 2.24) is 0 Å². The van der Waals surface area contributed by atoms with Gasteiger partial charge in [0.1, 0.15) is 0 Å². The molecule has 0 spiro atoms. The second kappa shape index (κ2) is 6.30. The van der Waals surface area contributed by atoms with Crippen LogP contribution in [0.5, 0.6) is 0 Å². The molecule has 4 heteroatoms. The molecule has 2 nitrogen and oxygen atoms in total. The zero-order chi connectivity index (χ0) is 10.4. The summed E-state index contributed by atoms with van der Waals surface area (Å²) in [4.78, 5) is 0.994. The Morgan fingerprint density at radius 3 is 2.71 bits per heavy atom. The second-order valence-corrected chi connectivity index (χ2v) is 4.34. The number of hydrogen-bond donors (Lipinski definition) is 2. The SMILES string of the molecule is OCCCSc1cccc(Cl)c1CO. The topological polar surface area (TPSA) is 40.5 Å². The first-order chi connectivity index (χ1) is 6.79. The van der Waals surface area contributed by atoms with Gasteiger partial charge in [0.05, 0.1) is 6.61 Å². The molecule has 0 aromatic heterocycles. The van der Waals surface area contributed by atoms with E-state index in [2.05, 4.69) is 0 Å². The minimum Gasteiger partial charge on any atom is -0.396 e. The van der Waals surface area contributed by atoms with Crippen LogP contribution in [-0.2, 0) is 6.61 Å². The maximum absolute atomic E-state index is 9.11. The van der Waals surface area contributed by atoms with E-state index in [1.807, 2.05) is 12.1 Å². The lowest BCUT2D eigenvalue weighted by Crippen LogP contribution is -1.91. The van der Waals surface area contributed by atoms with E-state index in [9.17, 15) is 0 Å². The smallest absolute Gasteiger partial charge is 0.0707 e. The van der Waals surface area contributed by atoms with E-state index >= 15 is 0 Å². The molecule has 0 fully saturated rings. The van der Waals surface area contributed by atoms with E-state index in [0.717, 1.165) is 22.6 Å². The van der Waals surface area contributed by atoms with Crippen LogP contribution in [0.2, 0.25) is 5.02 Å². The summed E-state index contributed by atoms with van der Waals surface area (Å²) < 4.78 is 0. The number of hydrogen-bond acceptors (Lipinski definition) is 3. The van der Waals surface area contributed by atoms with Crippen LogP contribution >= 0.6 is 23.4 Å². The molecule has 78 valence electrons. The second-order valence-electron chi connectivity index (χ2n) is 2.80. The predicted octanol–water partition coefficient (Wildman–Crippen LogP) is 2.31. The largest absolute Gasteiger partial charge is 0.396 e. The first-order valence-corrected chi connectivity index (χ1v) is 5.78. The highest BCUT2D eigenvalue weighted by Crippen LogP contribution is 2.28. The highest BCUT2D eigenvalue weighted by atomic mass is 35.5. The van der Waals surface area contributed by atoms with Gasteiger partial charge >= 0.3 is 0 Å². The molecule has 0 heterocycles. The van der Waals surface area contributed by atoms with E-state index in [0.29, 0.717) is 5.02 Å². The lowest BCUT2D eigenvalue weighted by molar-refractivity contribution is 0.279. The van der Waals surface area contributed by atoms with Crippen molar-refractivity contribution in [2.24, 2.45) is 0 Å². The van der Waals surface area contributed by atoms with Gasteiger partial charge in [-0.2, -0.15) is 0 Å². The van der Waals surface area contributed by atoms with Crippen LogP contribution in [0.3, 0.4) is 0 Å². The molecule has 1 aromatic carbocycles. The third-order valence-corrected chi connectivity index (χ3v) is 3.33. The summed E-state index contributed by atoms with van der Waals surface area (Å²) in [7, 11) is 0. The van der Waals surface area contributed by atoms with Crippen molar-refractivity contribution in [3.8, 4) is 0 Å². The minimum absolute atomic E-state index is 0.0405. The lowest BCUT2D eigenvalue weighted by atomic mass is 10.2. The minimum atomic E-state index is -0.0405. The third kappa shape index (κ3) is 3.17. The van der Waals surface area contributed by atoms with E-state index in [-0.39, 0.29) is 13.2 Å². The van der Waals surface area contributed by atoms with Gasteiger partial charge in [-0.1, -0.05) is 17.7 Å². The Labute approximate surface area is 92.9 Å². The maximum Gasteiger partial charge on any atom is 0.0707 e. The van der Waals surface area contributed by atoms with Crippen LogP contribution in [0.4, 0.5) is 0 Å². The average Bonchev–Trinajstić information content (AvgIpc) is 2.18. The van der Waals surface area contributed by atoms with Crippen LogP contribution < -0.4 is 0 Å². The Bertz CT molecular complexity index is 291. The zero-order valence-corrected chi connectivity index (χ0v) is 9.31. The Morgan fingerprint density at radius 1 is 1.29 bits per heavy atom. The molecule has 0 saturated heterocycles. The fourth-order valence-electron chi connectivity index (χ4n) is 1.07. The van der Waals surface area contributed by atoms with Gasteiger partial charge in [-0.3, -0.25) is 0 Å². The van der Waals surface area contributed by atoms with Crippen LogP contribution in [0.25, 0.3) is 0 Å². The molecule has 0 bridgehead atoms. The lowest BCUT2D eigenvalue weighted by Gasteiger charge is -2.07. The Balaban J connectivity index is 2.70. The molecule has 14 heavy (non-hydrogen) atoms. The third-order valence-electron chi connectivity index (χ3n) is 1.79. The molecule has 0 radical (unpaired) electrons. The monoisotopic (exact) mass is 232 g/mol. The van der Waals surface area contributed by atoms with E-state index < -0.39 is 0 Å². The number of benzene rings is 1. The fraction of sp³-hybridized carbons (Fsp3) is 0.400. The van der Waals surface area contributed by atoms with Crippen molar-refractivity contribution >= 4 is 23.4 Å². The Hall–Kier alpha value is -0.220. The molecular formula is C10H13ClO2S. The predicted molar refractivity (Wildman–Crippen MR) is 59.8 cm³/mol. The Morgan fingerprint density at radius 2 is 2.07 bits per heavy atom. The molecule has 0 aliphatic carbocycles. The molecule has 0 atom stereocenters. The average molecular weight is 233 g/mol. The molecule has 1 aromatic rings. The quantitative estimate of drug-likeness (QED) is 0.605. The van der Waals surface area contributed by atoms with Gasteiger partial charge in [-0.25, -0.2) is 0 Å². The summed E-state index contributed by atoms with van der Waals surface area (Å²) in [6.45, 7) is 0.156. The molecule has 0 amide bonds. The zero-order valence-electron chi connectivity index (χ0n) is 7.74. The van der Waals surface area contributed by atoms with E-state index in [1.165, 1.54) is 0 Å². The molecule has 0 unspecified atom stereocenters. The van der Waals surface area contributed by atoms with Gasteiger partial charge in [0.25, 0.3) is 0 Å². The van der Waals surface area contributed by atoms with Gasteiger partial charge in [0, 0.05) is 27.8 Å². The van der Waals surface area contributed by atoms with Gasteiger partial charge in [0.15, 0.2) is 0 Å². The van der Waals surface area contributed by atoms with Gasteiger partial charge in [0.2, 0.25) is 0 Å². The molecular weight excluding hydrogens is 220 g/mol. The number of thioether (sulfide) groups is 1. The van der Waals surface area contributed by atoms with Crippen molar-refractivity contribution < 1.29 is 10.2 Å². The molecule has 0 aliphatic rings. The van der Waals surface area contributed by atoms with Crippen molar-refractivity contribution in [3.05, 3.63) is 28.8 Å². The van der Waals surface area contributed by atoms with Crippen molar-refractivity contribution in [2.45, 2.75) is 17.9 Å². The number of rotatable bonds is 5. The van der Waals surface area contributed by atoms with Gasteiger partial charge in [-0.15, -0.1) is 11.8 Å². The number of aliphatic hydroxyl groups excluding tert-OH is 2. The van der Waals surface area contributed by atoms with Crippen LogP contribution in [0, 0.1) is 0 Å². The van der Waals surface area contributed by atoms with E-state index in [1.54, 1.807) is 17.8 Å². The van der Waals surface area contributed by atoms with E-state index in [4.69, 9.17) is 21.8 Å². The van der Waals surface area contributed by atoms with Crippen molar-refractivity contribution in [3.63, 3.8) is 0 Å². The number of aliphatic hydroxyl groups is 2. The maximum atomic E-state index is 9.11. The first kappa shape index (κ1) is 11.9. The summed E-state index contributed by atoms with van der Waals surface area (Å²) in [5, 5.41) is 18.3.